The summed E-state index contributed by atoms with van der Waals surface area (Å²) in [6.45, 7) is 0. The summed E-state index contributed by atoms with van der Waals surface area (Å²) in [6.07, 6.45) is 1.31. The van der Waals surface area contributed by atoms with Crippen LogP contribution in [0, 0.1) is 0 Å². The maximum absolute atomic E-state index is 12.1. The normalized spacial score (nSPS) is 19.6. The molecule has 0 saturated carbocycles. The van der Waals surface area contributed by atoms with Gasteiger partial charge in [-0.2, -0.15) is 0 Å². The van der Waals surface area contributed by atoms with E-state index in [-0.39, 0.29) is 29.7 Å². The minimum atomic E-state index is -0.585. The Hall–Kier alpha value is -2.36. The number of methoxy groups -OCH3 is 1. The van der Waals surface area contributed by atoms with E-state index in [0.717, 1.165) is 11.8 Å². The molecular weight excluding hydrogens is 310 g/mol. The lowest BCUT2D eigenvalue weighted by molar-refractivity contribution is -0.142. The van der Waals surface area contributed by atoms with Gasteiger partial charge in [0.1, 0.15) is 5.25 Å². The van der Waals surface area contributed by atoms with Crippen molar-refractivity contribution in [1.29, 1.82) is 0 Å². The van der Waals surface area contributed by atoms with Crippen molar-refractivity contribution < 1.29 is 19.1 Å². The Bertz CT molecular complexity index is 641. The third kappa shape index (κ3) is 3.11. The molecular formula is C12H15N5O4S. The average Bonchev–Trinajstić information content (AvgIpc) is 3.07. The van der Waals surface area contributed by atoms with Gasteiger partial charge in [-0.1, -0.05) is 11.8 Å². The van der Waals surface area contributed by atoms with E-state index in [0.29, 0.717) is 5.17 Å². The molecule has 1 aliphatic heterocycles. The highest BCUT2D eigenvalue weighted by atomic mass is 32.2. The summed E-state index contributed by atoms with van der Waals surface area (Å²) in [5.41, 5.74) is 0.202. The van der Waals surface area contributed by atoms with E-state index in [2.05, 4.69) is 25.0 Å². The number of nitrogens with one attached hydrogen (secondary N) is 2. The van der Waals surface area contributed by atoms with Crippen LogP contribution in [-0.4, -0.2) is 64.3 Å². The van der Waals surface area contributed by atoms with Crippen LogP contribution in [0.4, 0.5) is 5.82 Å². The number of carbonyl (C=O) groups excluding carboxylic acids is 3. The van der Waals surface area contributed by atoms with Gasteiger partial charge < -0.3 is 15.0 Å². The fraction of sp³-hybridized carbons (Fsp3) is 0.417. The van der Waals surface area contributed by atoms with Crippen LogP contribution >= 0.6 is 11.8 Å². The van der Waals surface area contributed by atoms with Crippen LogP contribution in [0.3, 0.4) is 0 Å². The standard InChI is InChI=1S/C12H15N5O4S/c1-13-10(19)8-9(15-5-14-8)16-12-17(2)11(20)6(22-12)4-7(18)21-3/h5-6H,4H2,1-3H3,(H,13,19)(H,14,15). The number of aromatic amines is 1. The third-order valence-electron chi connectivity index (χ3n) is 3.00. The van der Waals surface area contributed by atoms with Gasteiger partial charge in [0.25, 0.3) is 5.91 Å². The molecule has 1 saturated heterocycles. The number of rotatable bonds is 4. The summed E-state index contributed by atoms with van der Waals surface area (Å²) in [7, 11) is 4.31. The predicted molar refractivity (Wildman–Crippen MR) is 79.9 cm³/mol. The van der Waals surface area contributed by atoms with Crippen molar-refractivity contribution in [3.63, 3.8) is 0 Å². The SMILES string of the molecule is CNC(=O)c1[nH]cnc1N=C1SC(CC(=O)OC)C(=O)N1C. The van der Waals surface area contributed by atoms with Crippen molar-refractivity contribution in [2.45, 2.75) is 11.7 Å². The van der Waals surface area contributed by atoms with Crippen LogP contribution in [0.15, 0.2) is 11.3 Å². The van der Waals surface area contributed by atoms with Gasteiger partial charge >= 0.3 is 5.97 Å². The first-order valence-electron chi connectivity index (χ1n) is 6.33. The van der Waals surface area contributed by atoms with Crippen molar-refractivity contribution in [2.75, 3.05) is 21.2 Å². The Morgan fingerprint density at radius 3 is 2.95 bits per heavy atom. The summed E-state index contributed by atoms with van der Waals surface area (Å²) in [5, 5.41) is 2.25. The molecule has 1 aliphatic rings. The van der Waals surface area contributed by atoms with Crippen molar-refractivity contribution in [2.24, 2.45) is 4.99 Å². The van der Waals surface area contributed by atoms with Crippen molar-refractivity contribution in [3.05, 3.63) is 12.0 Å². The monoisotopic (exact) mass is 325 g/mol. The zero-order valence-electron chi connectivity index (χ0n) is 12.2. The van der Waals surface area contributed by atoms with Gasteiger partial charge in [0.05, 0.1) is 19.9 Å². The van der Waals surface area contributed by atoms with Gasteiger partial charge in [-0.05, 0) is 0 Å². The number of imidazole rings is 1. The second kappa shape index (κ2) is 6.60. The Balaban J connectivity index is 2.22. The van der Waals surface area contributed by atoms with Gasteiger partial charge in [0.2, 0.25) is 5.91 Å². The minimum Gasteiger partial charge on any atom is -0.469 e. The highest BCUT2D eigenvalue weighted by Gasteiger charge is 2.37. The number of aliphatic imine (C=N–C) groups is 1. The molecule has 1 unspecified atom stereocenters. The van der Waals surface area contributed by atoms with Crippen LogP contribution < -0.4 is 5.32 Å². The van der Waals surface area contributed by atoms with Crippen LogP contribution in [0.1, 0.15) is 16.9 Å². The third-order valence-corrected chi connectivity index (χ3v) is 4.22. The minimum absolute atomic E-state index is 0.0355. The fourth-order valence-corrected chi connectivity index (χ4v) is 2.91. The van der Waals surface area contributed by atoms with E-state index >= 15 is 0 Å². The van der Waals surface area contributed by atoms with Gasteiger partial charge in [-0.15, -0.1) is 0 Å². The highest BCUT2D eigenvalue weighted by molar-refractivity contribution is 8.15. The number of carbonyl (C=O) groups is 3. The first-order chi connectivity index (χ1) is 10.5. The second-order valence-electron chi connectivity index (χ2n) is 4.36. The maximum Gasteiger partial charge on any atom is 0.307 e. The summed E-state index contributed by atoms with van der Waals surface area (Å²) in [6, 6.07) is 0. The molecule has 10 heteroatoms. The van der Waals surface area contributed by atoms with E-state index in [4.69, 9.17) is 0 Å². The van der Waals surface area contributed by atoms with Crippen molar-refractivity contribution in [1.82, 2.24) is 20.2 Å². The van der Waals surface area contributed by atoms with Crippen LogP contribution in [0.5, 0.6) is 0 Å². The van der Waals surface area contributed by atoms with E-state index < -0.39 is 11.2 Å². The summed E-state index contributed by atoms with van der Waals surface area (Å²) >= 11 is 1.14. The van der Waals surface area contributed by atoms with Crippen LogP contribution in [0.25, 0.3) is 0 Å². The van der Waals surface area contributed by atoms with Crippen LogP contribution in [0.2, 0.25) is 0 Å². The molecule has 0 aliphatic carbocycles. The lowest BCUT2D eigenvalue weighted by Crippen LogP contribution is -2.29. The second-order valence-corrected chi connectivity index (χ2v) is 5.53. The summed E-state index contributed by atoms with van der Waals surface area (Å²) < 4.78 is 4.57. The smallest absolute Gasteiger partial charge is 0.307 e. The van der Waals surface area contributed by atoms with E-state index in [1.165, 1.54) is 25.4 Å². The number of amidine groups is 1. The lowest BCUT2D eigenvalue weighted by atomic mass is 10.3. The number of aromatic nitrogens is 2. The van der Waals surface area contributed by atoms with Gasteiger partial charge in [0, 0.05) is 14.1 Å². The molecule has 2 heterocycles. The number of ether oxygens (including phenoxy) is 1. The molecule has 1 aromatic heterocycles. The number of hydrogen-bond acceptors (Lipinski definition) is 7. The molecule has 0 spiro atoms. The Kier molecular flexibility index (Phi) is 4.81. The topological polar surface area (TPSA) is 117 Å². The largest absolute Gasteiger partial charge is 0.469 e. The molecule has 1 fully saturated rings. The first kappa shape index (κ1) is 16.0. The molecule has 9 nitrogen and oxygen atoms in total. The number of H-pyrrole nitrogens is 1. The molecule has 2 rings (SSSR count). The van der Waals surface area contributed by atoms with Crippen molar-refractivity contribution in [3.8, 4) is 0 Å². The highest BCUT2D eigenvalue weighted by Crippen LogP contribution is 2.30. The Morgan fingerprint density at radius 2 is 2.32 bits per heavy atom. The maximum atomic E-state index is 12.1. The van der Waals surface area contributed by atoms with Gasteiger partial charge in [-0.3, -0.25) is 19.3 Å². The molecule has 1 aromatic rings. The molecule has 0 aromatic carbocycles. The summed E-state index contributed by atoms with van der Waals surface area (Å²) in [5.74, 6) is -0.891. The van der Waals surface area contributed by atoms with E-state index in [9.17, 15) is 14.4 Å². The number of hydrogen-bond donors (Lipinski definition) is 2. The van der Waals surface area contributed by atoms with Gasteiger partial charge in [0.15, 0.2) is 16.7 Å². The Labute approximate surface area is 130 Å². The lowest BCUT2D eigenvalue weighted by Gasteiger charge is -2.08. The molecule has 0 bridgehead atoms. The average molecular weight is 325 g/mol. The number of thioether (sulfide) groups is 1. The summed E-state index contributed by atoms with van der Waals surface area (Å²) in [4.78, 5) is 47.3. The number of amides is 2. The van der Waals surface area contributed by atoms with E-state index in [1.54, 1.807) is 7.05 Å². The zero-order chi connectivity index (χ0) is 16.3. The molecule has 22 heavy (non-hydrogen) atoms. The molecule has 2 amide bonds. The van der Waals surface area contributed by atoms with Crippen molar-refractivity contribution >= 4 is 40.5 Å². The fourth-order valence-electron chi connectivity index (χ4n) is 1.79. The molecule has 2 N–H and O–H groups in total. The molecule has 1 atom stereocenters. The quantitative estimate of drug-likeness (QED) is 0.746. The van der Waals surface area contributed by atoms with Gasteiger partial charge in [-0.25, -0.2) is 9.98 Å². The van der Waals surface area contributed by atoms with Crippen LogP contribution in [-0.2, 0) is 14.3 Å². The number of esters is 1. The molecule has 118 valence electrons. The zero-order valence-corrected chi connectivity index (χ0v) is 13.1. The first-order valence-corrected chi connectivity index (χ1v) is 7.21. The van der Waals surface area contributed by atoms with E-state index in [1.807, 2.05) is 0 Å². The predicted octanol–water partition coefficient (Wildman–Crippen LogP) is -0.106. The molecule has 0 radical (unpaired) electrons. The Morgan fingerprint density at radius 1 is 1.59 bits per heavy atom. The number of nitrogens with zero attached hydrogens (tertiary/aromatic N) is 3.